The zero-order chi connectivity index (χ0) is 24.5. The van der Waals surface area contributed by atoms with Gasteiger partial charge in [-0.25, -0.2) is 23.4 Å². The molecule has 10 nitrogen and oxygen atoms in total. The summed E-state index contributed by atoms with van der Waals surface area (Å²) < 4.78 is 47.8. The van der Waals surface area contributed by atoms with Gasteiger partial charge in [0, 0.05) is 17.1 Å². The number of nitrogens with one attached hydrogen (secondary N) is 1. The van der Waals surface area contributed by atoms with Gasteiger partial charge in [-0.2, -0.15) is 0 Å². The van der Waals surface area contributed by atoms with E-state index in [1.54, 1.807) is 26.3 Å². The molecule has 0 saturated heterocycles. The number of hydrogen-bond donors (Lipinski definition) is 2. The van der Waals surface area contributed by atoms with Crippen molar-refractivity contribution in [1.29, 1.82) is 0 Å². The fourth-order valence-corrected chi connectivity index (χ4v) is 5.40. The van der Waals surface area contributed by atoms with E-state index in [9.17, 15) is 13.0 Å². The van der Waals surface area contributed by atoms with Crippen LogP contribution in [0.25, 0.3) is 21.1 Å². The third-order valence-electron chi connectivity index (χ3n) is 4.96. The molecular formula is C21H23N4O6PS2. The summed E-state index contributed by atoms with van der Waals surface area (Å²) in [5.41, 5.74) is 3.82. The molecule has 13 heteroatoms. The number of benzene rings is 2. The highest BCUT2D eigenvalue weighted by Crippen LogP contribution is 2.37. The summed E-state index contributed by atoms with van der Waals surface area (Å²) in [6.07, 6.45) is 1.37. The molecule has 2 aromatic carbocycles. The fourth-order valence-electron chi connectivity index (χ4n) is 3.17. The van der Waals surface area contributed by atoms with E-state index in [2.05, 4.69) is 24.8 Å². The smallest absolute Gasteiger partial charge is 0.316 e. The second-order valence-corrected chi connectivity index (χ2v) is 12.7. The van der Waals surface area contributed by atoms with Gasteiger partial charge in [0.1, 0.15) is 29.4 Å². The molecule has 4 aromatic rings. The maximum atomic E-state index is 13.4. The Hall–Kier alpha value is -2.63. The summed E-state index contributed by atoms with van der Waals surface area (Å²) in [5, 5.41) is 3.72. The first-order valence-corrected chi connectivity index (χ1v) is 13.8. The van der Waals surface area contributed by atoms with Crippen LogP contribution in [-0.4, -0.2) is 46.2 Å². The van der Waals surface area contributed by atoms with E-state index in [1.165, 1.54) is 29.8 Å². The Labute approximate surface area is 200 Å². The Balaban J connectivity index is 1.78. The van der Waals surface area contributed by atoms with Gasteiger partial charge in [0.05, 0.1) is 32.6 Å². The molecule has 1 unspecified atom stereocenters. The number of fused-ring (bicyclic) bond motifs is 2. The highest BCUT2D eigenvalue weighted by Gasteiger charge is 2.34. The average Bonchev–Trinajstić information content (AvgIpc) is 3.23. The first kappa shape index (κ1) is 24.5. The van der Waals surface area contributed by atoms with Crippen molar-refractivity contribution < 1.29 is 27.1 Å². The van der Waals surface area contributed by atoms with Crippen LogP contribution in [0.1, 0.15) is 20.8 Å². The van der Waals surface area contributed by atoms with E-state index in [4.69, 9.17) is 9.63 Å². The summed E-state index contributed by atoms with van der Waals surface area (Å²) >= 11 is 1.54. The molecular weight excluding hydrogens is 499 g/mol. The predicted molar refractivity (Wildman–Crippen MR) is 132 cm³/mol. The highest BCUT2D eigenvalue weighted by atomic mass is 32.2. The molecule has 2 N–H and O–H groups in total. The van der Waals surface area contributed by atoms with Gasteiger partial charge in [-0.05, 0) is 45.0 Å². The van der Waals surface area contributed by atoms with Crippen molar-refractivity contribution >= 4 is 62.1 Å². The summed E-state index contributed by atoms with van der Waals surface area (Å²) in [4.78, 5) is 21.7. The molecule has 0 radical (unpaired) electrons. The zero-order valence-corrected chi connectivity index (χ0v) is 21.2. The third-order valence-corrected chi connectivity index (χ3v) is 8.73. The lowest BCUT2D eigenvalue weighted by molar-refractivity contribution is 0.204. The van der Waals surface area contributed by atoms with E-state index in [0.717, 1.165) is 15.9 Å². The minimum Gasteiger partial charge on any atom is -0.490 e. The molecule has 0 aliphatic heterocycles. The molecule has 1 atom stereocenters. The first-order valence-electron chi connectivity index (χ1n) is 10.2. The van der Waals surface area contributed by atoms with Crippen LogP contribution < -0.4 is 10.1 Å². The SMILES string of the molecule is CC(C)(C)S(=O)(=O)c1cc2c(Nc3ccc4scnc4c3)ncnc2cc1OCCO[PH](=O)O. The predicted octanol–water partition coefficient (Wildman–Crippen LogP) is 4.33. The summed E-state index contributed by atoms with van der Waals surface area (Å²) in [6, 6.07) is 8.74. The molecule has 0 bridgehead atoms. The van der Waals surface area contributed by atoms with Crippen molar-refractivity contribution in [2.24, 2.45) is 0 Å². The fraction of sp³-hybridized carbons (Fsp3) is 0.286. The van der Waals surface area contributed by atoms with Crippen molar-refractivity contribution in [3.05, 3.63) is 42.2 Å². The van der Waals surface area contributed by atoms with Gasteiger partial charge in [0.25, 0.3) is 0 Å². The van der Waals surface area contributed by atoms with Crippen LogP contribution in [0.4, 0.5) is 11.5 Å². The Morgan fingerprint density at radius 3 is 2.62 bits per heavy atom. The minimum absolute atomic E-state index is 0.0306. The van der Waals surface area contributed by atoms with Crippen molar-refractivity contribution in [3.8, 4) is 5.75 Å². The molecule has 4 rings (SSSR count). The highest BCUT2D eigenvalue weighted by molar-refractivity contribution is 7.92. The monoisotopic (exact) mass is 522 g/mol. The van der Waals surface area contributed by atoms with Gasteiger partial charge < -0.3 is 19.5 Å². The Morgan fingerprint density at radius 1 is 1.09 bits per heavy atom. The maximum Gasteiger partial charge on any atom is 0.316 e. The maximum absolute atomic E-state index is 13.4. The molecule has 2 heterocycles. The van der Waals surface area contributed by atoms with E-state index in [-0.39, 0.29) is 23.9 Å². The quantitative estimate of drug-likeness (QED) is 0.254. The van der Waals surface area contributed by atoms with Crippen LogP contribution in [0, 0.1) is 0 Å². The standard InChI is InChI=1S/C21H23N4O6PS2/c1-21(2,3)34(28,29)19-9-14-15(10-17(19)30-6-7-31-32(26)27)22-11-23-20(14)25-13-4-5-18-16(8-13)24-12-33-18/h4-5,8-12,32H,6-7H2,1-3H3,(H,26,27)(H,22,23,25). The van der Waals surface area contributed by atoms with Crippen LogP contribution in [-0.2, 0) is 18.9 Å². The molecule has 0 saturated carbocycles. The molecule has 34 heavy (non-hydrogen) atoms. The van der Waals surface area contributed by atoms with Gasteiger partial charge in [-0.3, -0.25) is 4.57 Å². The average molecular weight is 523 g/mol. The topological polar surface area (TPSA) is 141 Å². The van der Waals surface area contributed by atoms with Crippen LogP contribution in [0.5, 0.6) is 5.75 Å². The van der Waals surface area contributed by atoms with Gasteiger partial charge in [-0.15, -0.1) is 11.3 Å². The summed E-state index contributed by atoms with van der Waals surface area (Å²) in [5.74, 6) is 0.510. The Bertz CT molecular complexity index is 1480. The lowest BCUT2D eigenvalue weighted by Crippen LogP contribution is -2.28. The molecule has 0 fully saturated rings. The van der Waals surface area contributed by atoms with Gasteiger partial charge >= 0.3 is 8.25 Å². The minimum atomic E-state index is -3.83. The number of hydrogen-bond acceptors (Lipinski definition) is 10. The summed E-state index contributed by atoms with van der Waals surface area (Å²) in [6.45, 7) is 4.51. The van der Waals surface area contributed by atoms with Crippen LogP contribution in [0.3, 0.4) is 0 Å². The lowest BCUT2D eigenvalue weighted by atomic mass is 10.2. The Morgan fingerprint density at radius 2 is 1.88 bits per heavy atom. The normalized spacial score (nSPS) is 13.3. The molecule has 0 aliphatic carbocycles. The van der Waals surface area contributed by atoms with E-state index in [1.807, 2.05) is 18.2 Å². The van der Waals surface area contributed by atoms with E-state index >= 15 is 0 Å². The first-order chi connectivity index (χ1) is 16.1. The number of nitrogens with zero attached hydrogens (tertiary/aromatic N) is 3. The van der Waals surface area contributed by atoms with Gasteiger partial charge in [-0.1, -0.05) is 0 Å². The molecule has 0 spiro atoms. The molecule has 180 valence electrons. The molecule has 0 aliphatic rings. The number of anilines is 2. The molecule has 2 aromatic heterocycles. The second-order valence-electron chi connectivity index (χ2n) is 8.28. The zero-order valence-electron chi connectivity index (χ0n) is 18.6. The van der Waals surface area contributed by atoms with Gasteiger partial charge in [0.15, 0.2) is 9.84 Å². The van der Waals surface area contributed by atoms with Crippen LogP contribution in [0.2, 0.25) is 0 Å². The third kappa shape index (κ3) is 5.06. The van der Waals surface area contributed by atoms with Crippen molar-refractivity contribution in [3.63, 3.8) is 0 Å². The van der Waals surface area contributed by atoms with Crippen LogP contribution in [0.15, 0.2) is 47.1 Å². The Kier molecular flexibility index (Phi) is 6.88. The van der Waals surface area contributed by atoms with E-state index < -0.39 is 22.8 Å². The molecule has 0 amide bonds. The summed E-state index contributed by atoms with van der Waals surface area (Å²) in [7, 11) is -6.94. The van der Waals surface area contributed by atoms with Gasteiger partial charge in [0.2, 0.25) is 0 Å². The van der Waals surface area contributed by atoms with E-state index in [0.29, 0.717) is 16.7 Å². The van der Waals surface area contributed by atoms with Crippen LogP contribution >= 0.6 is 19.6 Å². The van der Waals surface area contributed by atoms with Crippen molar-refractivity contribution in [2.75, 3.05) is 18.5 Å². The number of sulfone groups is 1. The van der Waals surface area contributed by atoms with Crippen molar-refractivity contribution in [1.82, 2.24) is 15.0 Å². The number of thiazole rings is 1. The lowest BCUT2D eigenvalue weighted by Gasteiger charge is -2.22. The number of aromatic nitrogens is 3. The largest absolute Gasteiger partial charge is 0.490 e. The van der Waals surface area contributed by atoms with Crippen molar-refractivity contribution in [2.45, 2.75) is 30.4 Å². The second kappa shape index (κ2) is 9.55. The number of rotatable bonds is 8. The number of ether oxygens (including phenoxy) is 1.